The van der Waals surface area contributed by atoms with Crippen LogP contribution in [0.5, 0.6) is 5.75 Å². The molecule has 22 heteroatoms. The lowest BCUT2D eigenvalue weighted by atomic mass is 9.99. The molecule has 0 atom stereocenters. The van der Waals surface area contributed by atoms with Crippen molar-refractivity contribution in [2.24, 2.45) is 0 Å². The number of ether oxygens (including phenoxy) is 1. The number of rotatable bonds is 20. The molecule has 716 valence electrons. The average Bonchev–Trinajstić information content (AvgIpc) is 1.67. The number of methoxy groups -OCH3 is 1. The number of pyridine rings is 8. The molecule has 8 N–H and O–H groups in total. The van der Waals surface area contributed by atoms with Crippen molar-refractivity contribution >= 4 is 110 Å². The maximum absolute atomic E-state index is 13.1. The minimum atomic E-state index is -0.821. The molecule has 0 fully saturated rings. The van der Waals surface area contributed by atoms with Crippen LogP contribution in [0.4, 0.5) is 13.2 Å². The lowest BCUT2D eigenvalue weighted by molar-refractivity contribution is 0.414. The zero-order valence-corrected chi connectivity index (χ0v) is 81.8. The average molecular weight is 1920 g/mol. The fraction of sp³-hybridized carbons (Fsp3) is 0.139. The fourth-order valence-corrected chi connectivity index (χ4v) is 18.0. The van der Waals surface area contributed by atoms with Crippen LogP contribution in [0.1, 0.15) is 144 Å². The molecule has 18 nitrogen and oxygen atoms in total. The van der Waals surface area contributed by atoms with E-state index in [0.29, 0.717) is 18.8 Å². The van der Waals surface area contributed by atoms with Gasteiger partial charge in [-0.3, -0.25) is 0 Å². The Hall–Kier alpha value is -17.2. The second-order valence-corrected chi connectivity index (χ2v) is 37.2. The maximum Gasteiger partial charge on any atom is 0.159 e. The van der Waals surface area contributed by atoms with Crippen molar-refractivity contribution in [2.45, 2.75) is 105 Å². The fourth-order valence-electron chi connectivity index (χ4n) is 17.3. The van der Waals surface area contributed by atoms with Gasteiger partial charge < -0.3 is 44.6 Å². The molecule has 144 heavy (non-hydrogen) atoms. The first-order valence-corrected chi connectivity index (χ1v) is 49.1. The Morgan fingerprint density at radius 1 is 0.271 bits per heavy atom. The number of H-pyrrole nitrogens is 8. The van der Waals surface area contributed by atoms with Crippen molar-refractivity contribution in [3.8, 4) is 5.75 Å². The Bertz CT molecular complexity index is 8300. The number of hydrogen-bond donors (Lipinski definition) is 8. The summed E-state index contributed by atoms with van der Waals surface area (Å²) in [6.45, 7) is 10.9. The molecule has 0 amide bonds. The number of aromatic amines is 8. The number of aryl methyl sites for hydroxylation is 3. The number of thiazole rings is 1. The van der Waals surface area contributed by atoms with Crippen molar-refractivity contribution in [2.75, 3.05) is 7.11 Å². The zero-order chi connectivity index (χ0) is 98.9. The minimum absolute atomic E-state index is 0.196. The summed E-state index contributed by atoms with van der Waals surface area (Å²) in [5, 5.41) is 9.11. The smallest absolute Gasteiger partial charge is 0.159 e. The largest absolute Gasteiger partial charge is 0.497 e. The van der Waals surface area contributed by atoms with Gasteiger partial charge in [0.2, 0.25) is 0 Å². The Labute approximate surface area is 837 Å². The molecule has 25 rings (SSSR count). The van der Waals surface area contributed by atoms with Crippen molar-refractivity contribution in [1.82, 2.24) is 84.7 Å². The molecule has 0 saturated carbocycles. The van der Waals surface area contributed by atoms with E-state index in [-0.39, 0.29) is 5.82 Å². The Kier molecular flexibility index (Phi) is 31.8. The molecular formula is C122H110F3N17OS. The van der Waals surface area contributed by atoms with Crippen LogP contribution >= 0.6 is 11.3 Å². The van der Waals surface area contributed by atoms with Crippen molar-refractivity contribution in [3.05, 3.63) is 512 Å². The van der Waals surface area contributed by atoms with Crippen LogP contribution in [0.15, 0.2) is 384 Å². The molecule has 0 unspecified atom stereocenters. The first-order chi connectivity index (χ1) is 70.4. The van der Waals surface area contributed by atoms with Crippen LogP contribution in [0.2, 0.25) is 0 Å². The summed E-state index contributed by atoms with van der Waals surface area (Å²) < 4.78 is 45.4. The Morgan fingerprint density at radius 3 is 0.924 bits per heavy atom. The quantitative estimate of drug-likeness (QED) is 0.0358. The predicted octanol–water partition coefficient (Wildman–Crippen LogP) is 29.0. The van der Waals surface area contributed by atoms with E-state index in [0.717, 1.165) is 151 Å². The van der Waals surface area contributed by atoms with Gasteiger partial charge in [-0.2, -0.15) is 0 Å². The normalized spacial score (nSPS) is 11.0. The van der Waals surface area contributed by atoms with Crippen LogP contribution in [0.25, 0.3) is 98.5 Å². The van der Waals surface area contributed by atoms with Crippen LogP contribution in [-0.2, 0) is 57.8 Å². The van der Waals surface area contributed by atoms with Crippen LogP contribution in [0.3, 0.4) is 0 Å². The molecule has 0 aliphatic rings. The third-order valence-electron chi connectivity index (χ3n) is 24.7. The molecule has 25 aromatic rings. The van der Waals surface area contributed by atoms with Gasteiger partial charge in [-0.15, -0.1) is 11.3 Å². The zero-order valence-electron chi connectivity index (χ0n) is 81.0. The molecule has 0 aliphatic carbocycles. The van der Waals surface area contributed by atoms with Gasteiger partial charge in [-0.1, -0.05) is 172 Å². The maximum atomic E-state index is 13.1. The molecule has 17 heterocycles. The van der Waals surface area contributed by atoms with Gasteiger partial charge in [0.1, 0.15) is 56.7 Å². The molecule has 0 aliphatic heterocycles. The van der Waals surface area contributed by atoms with Gasteiger partial charge >= 0.3 is 0 Å². The second kappa shape index (κ2) is 47.1. The highest BCUT2D eigenvalue weighted by Gasteiger charge is 2.13. The van der Waals surface area contributed by atoms with E-state index in [4.69, 9.17) is 4.74 Å². The van der Waals surface area contributed by atoms with E-state index in [1.165, 1.54) is 134 Å². The number of nitrogens with one attached hydrogen (secondary N) is 8. The number of aromatic nitrogens is 17. The SMILES string of the molecule is CC(C)c1ccc(Cc2cnc3[nH]ccc3c2)cc1.CCCc1ccc(Cc2cnc3[nH]ccc3c2)cc1.COc1cccc(Cc2cnc3[nH]ccc3c2)c1.Cc1ccc(Cc2cnc3[nH]ccc3c2)cc1.Cc1cccc(Cc2cnc3[nH]ccc3c2)c1.Fc1ccc(Cc2cnc3[nH]ccc3c2)cc1F.Fc1cccc(Cc2cnc3[nH]ccc3c2)c1.c1cc2cc(Cc3ccc4ncsc4c3)cnc2[nH]1. The molecule has 0 saturated heterocycles. The Morgan fingerprint density at radius 2 is 0.576 bits per heavy atom. The molecule has 0 radical (unpaired) electrons. The first-order valence-electron chi connectivity index (χ1n) is 48.2. The van der Waals surface area contributed by atoms with E-state index in [9.17, 15) is 13.2 Å². The van der Waals surface area contributed by atoms with Gasteiger partial charge in [-0.05, 0) is 323 Å². The minimum Gasteiger partial charge on any atom is -0.497 e. The monoisotopic (exact) mass is 1920 g/mol. The van der Waals surface area contributed by atoms with E-state index in [2.05, 4.69) is 320 Å². The summed E-state index contributed by atoms with van der Waals surface area (Å²) in [6, 6.07) is 93.7. The van der Waals surface area contributed by atoms with Gasteiger partial charge in [-0.25, -0.2) is 58.0 Å². The Balaban J connectivity index is 0.000000108. The summed E-state index contributed by atoms with van der Waals surface area (Å²) in [5.74, 6) is -0.352. The lowest BCUT2D eigenvalue weighted by Crippen LogP contribution is -1.92. The van der Waals surface area contributed by atoms with E-state index in [1.807, 2.05) is 141 Å². The van der Waals surface area contributed by atoms with Crippen LogP contribution < -0.4 is 4.74 Å². The highest BCUT2D eigenvalue weighted by atomic mass is 32.1. The molecule has 0 spiro atoms. The molecule has 0 bridgehead atoms. The van der Waals surface area contributed by atoms with Crippen LogP contribution in [0, 0.1) is 31.3 Å². The first kappa shape index (κ1) is 97.0. The van der Waals surface area contributed by atoms with Crippen molar-refractivity contribution < 1.29 is 17.9 Å². The third-order valence-corrected chi connectivity index (χ3v) is 25.5. The highest BCUT2D eigenvalue weighted by molar-refractivity contribution is 7.16. The van der Waals surface area contributed by atoms with Crippen LogP contribution in [-0.4, -0.2) is 91.8 Å². The third kappa shape index (κ3) is 26.7. The number of halogens is 3. The van der Waals surface area contributed by atoms with Gasteiger partial charge in [0.15, 0.2) is 11.6 Å². The summed E-state index contributed by atoms with van der Waals surface area (Å²) in [6.07, 6.45) is 39.6. The van der Waals surface area contributed by atoms with Gasteiger partial charge in [0.25, 0.3) is 0 Å². The summed E-state index contributed by atoms with van der Waals surface area (Å²) in [5.41, 5.74) is 34.9. The summed E-state index contributed by atoms with van der Waals surface area (Å²) in [7, 11) is 1.69. The molecular weight excluding hydrogens is 1810 g/mol. The molecule has 8 aromatic carbocycles. The number of hydrogen-bond acceptors (Lipinski definition) is 11. The standard InChI is InChI=1S/2C17H18N2.C15H11N3S.C15H14N2O.2C15H14N2.C14H10F2N2.C14H11FN2/c1-12(2)15-5-3-13(4-6-15)9-14-10-16-7-8-18-17(16)19-11-14;1-2-3-13-4-6-14(7-5-13)10-15-11-16-8-9-18-17(16)19-12-15;1-2-13-14(19-9-18-13)7-10(1)5-11-6-12-3-4-16-15(12)17-8-11;1-18-14-4-2-3-11(9-14)7-12-8-13-5-6-16-15(13)17-10-12;1-11-2-4-12(5-3-11)8-13-9-14-6-7-16-15(14)17-10-13;1-11-3-2-4-12(7-11)8-13-9-14-5-6-16-15(14)17-10-13;15-12-2-1-9(7-13(12)16)5-10-6-11-3-4-17-14(11)18-8-10;15-13-3-1-2-10(8-13)6-11-7-12-4-5-16-14(12)17-9-11/h3-8,10-12H,9H2,1-2H3,(H,18,19);4-9,11-12H,2-3,10H2,1H3,(H,18,19);1-4,6-9H,5H2,(H,16,17);2-6,8-10H,7H2,1H3,(H,16,17);2*2-7,9-10H,8H2,1H3,(H,16,17);1-4,6-8H,5H2,(H,17,18);1-5,7-9H,6H2,(H,16,17). The van der Waals surface area contributed by atoms with Gasteiger partial charge in [0.05, 0.1) is 22.8 Å². The number of nitrogens with zero attached hydrogens (tertiary/aromatic N) is 9. The van der Waals surface area contributed by atoms with E-state index in [1.54, 1.807) is 42.8 Å². The van der Waals surface area contributed by atoms with E-state index < -0.39 is 11.6 Å². The van der Waals surface area contributed by atoms with Gasteiger partial charge in [0, 0.05) is 142 Å². The lowest BCUT2D eigenvalue weighted by Gasteiger charge is -2.07. The highest BCUT2D eigenvalue weighted by Crippen LogP contribution is 2.28. The summed E-state index contributed by atoms with van der Waals surface area (Å²) >= 11 is 1.68. The number of benzene rings is 8. The number of fused-ring (bicyclic) bond motifs is 9. The predicted molar refractivity (Wildman–Crippen MR) is 580 cm³/mol. The molecule has 17 aromatic heterocycles. The summed E-state index contributed by atoms with van der Waals surface area (Å²) in [4.78, 5) is 64.1. The van der Waals surface area contributed by atoms with E-state index >= 15 is 0 Å². The van der Waals surface area contributed by atoms with Crippen molar-refractivity contribution in [1.29, 1.82) is 0 Å². The second-order valence-electron chi connectivity index (χ2n) is 36.3. The topological polar surface area (TPSA) is 252 Å². The van der Waals surface area contributed by atoms with Crippen molar-refractivity contribution in [3.63, 3.8) is 0 Å².